The number of fused-ring (bicyclic) bond motifs is 1. The number of alkyl halides is 6. The fraction of sp³-hybridized carbons (Fsp3) is 0.304. The van der Waals surface area contributed by atoms with Gasteiger partial charge in [0.05, 0.1) is 41.5 Å². The number of carbonyl (C=O) groups is 3. The molecule has 13 heteroatoms. The monoisotopic (exact) mass is 509 g/mol. The van der Waals surface area contributed by atoms with E-state index < -0.39 is 74.6 Å². The number of rotatable bonds is 3. The maximum Gasteiger partial charge on any atom is 0.433 e. The first-order chi connectivity index (χ1) is 16.8. The van der Waals surface area contributed by atoms with Crippen LogP contribution in [0.25, 0.3) is 0 Å². The van der Waals surface area contributed by atoms with Gasteiger partial charge in [0.1, 0.15) is 6.67 Å². The summed E-state index contributed by atoms with van der Waals surface area (Å²) in [5.41, 5.74) is -4.31. The van der Waals surface area contributed by atoms with Gasteiger partial charge in [-0.1, -0.05) is 18.2 Å². The van der Waals surface area contributed by atoms with Crippen molar-refractivity contribution in [2.75, 3.05) is 24.7 Å². The van der Waals surface area contributed by atoms with E-state index in [0.717, 1.165) is 30.3 Å². The molecule has 0 saturated carbocycles. The van der Waals surface area contributed by atoms with Gasteiger partial charge < -0.3 is 0 Å². The van der Waals surface area contributed by atoms with Crippen molar-refractivity contribution in [2.45, 2.75) is 24.4 Å². The summed E-state index contributed by atoms with van der Waals surface area (Å²) in [6.07, 6.45) is -9.79. The van der Waals surface area contributed by atoms with Gasteiger partial charge in [-0.05, 0) is 24.3 Å². The molecule has 186 valence electrons. The summed E-state index contributed by atoms with van der Waals surface area (Å²) in [4.78, 5) is 42.5. The molecule has 2 aromatic carbocycles. The predicted molar refractivity (Wildman–Crippen MR) is 109 cm³/mol. The predicted octanol–water partition coefficient (Wildman–Crippen LogP) is 3.79. The number of amides is 3. The second kappa shape index (κ2) is 7.62. The molecule has 3 saturated heterocycles. The molecule has 1 spiro atoms. The van der Waals surface area contributed by atoms with Gasteiger partial charge in [-0.3, -0.25) is 9.59 Å². The van der Waals surface area contributed by atoms with Gasteiger partial charge in [0.25, 0.3) is 5.91 Å². The zero-order valence-corrected chi connectivity index (χ0v) is 18.1. The summed E-state index contributed by atoms with van der Waals surface area (Å²) in [6, 6.07) is 4.38. The highest BCUT2D eigenvalue weighted by molar-refractivity contribution is 6.19. The van der Waals surface area contributed by atoms with Gasteiger partial charge in [0.2, 0.25) is 5.78 Å². The highest BCUT2D eigenvalue weighted by Crippen LogP contribution is 2.46. The van der Waals surface area contributed by atoms with Crippen LogP contribution in [0, 0.1) is 11.3 Å². The Morgan fingerprint density at radius 2 is 1.64 bits per heavy atom. The summed E-state index contributed by atoms with van der Waals surface area (Å²) in [6.45, 7) is -0.206. The first-order valence-corrected chi connectivity index (χ1v) is 10.6. The topological polar surface area (TPSA) is 81.5 Å². The lowest BCUT2D eigenvalue weighted by molar-refractivity contribution is -0.852. The third-order valence-electron chi connectivity index (χ3n) is 6.95. The molecule has 0 N–H and O–H groups in total. The van der Waals surface area contributed by atoms with Gasteiger partial charge in [-0.2, -0.15) is 36.5 Å². The van der Waals surface area contributed by atoms with E-state index in [1.54, 1.807) is 4.90 Å². The van der Waals surface area contributed by atoms with Crippen LogP contribution in [0.15, 0.2) is 42.5 Å². The van der Waals surface area contributed by atoms with Crippen LogP contribution in [0.3, 0.4) is 0 Å². The number of nitriles is 1. The van der Waals surface area contributed by atoms with Crippen LogP contribution in [-0.4, -0.2) is 58.9 Å². The number of nitrogens with zero attached hydrogens (tertiary/aromatic N) is 4. The van der Waals surface area contributed by atoms with Crippen LogP contribution >= 0.6 is 0 Å². The Morgan fingerprint density at radius 3 is 2.28 bits per heavy atom. The van der Waals surface area contributed by atoms with Crippen LogP contribution in [0.1, 0.15) is 27.0 Å². The van der Waals surface area contributed by atoms with Crippen LogP contribution in [0.2, 0.25) is 0 Å². The number of imide groups is 1. The standard InChI is InChI=1S/C23H15F6N4O3/c24-22(25,26)15-4-2-1-3-14(15)19(34)17-9-31-10-18-20(35)32(21(36)33(17,18)11-31)13-6-5-12(8-30)16(7-13)23(27,28)29/h1-7,17-18H,9-11H2/q+1. The molecule has 3 heterocycles. The highest BCUT2D eigenvalue weighted by atomic mass is 19.4. The Balaban J connectivity index is 1.58. The maximum absolute atomic E-state index is 13.7. The normalized spacial score (nSPS) is 27.4. The van der Waals surface area contributed by atoms with E-state index in [-0.39, 0.29) is 19.8 Å². The number of halogens is 6. The van der Waals surface area contributed by atoms with Gasteiger partial charge in [-0.25, -0.2) is 14.2 Å². The van der Waals surface area contributed by atoms with Gasteiger partial charge in [0.15, 0.2) is 12.1 Å². The zero-order valence-electron chi connectivity index (χ0n) is 18.1. The second-order valence-electron chi connectivity index (χ2n) is 8.84. The van der Waals surface area contributed by atoms with Crippen molar-refractivity contribution in [2.24, 2.45) is 0 Å². The highest BCUT2D eigenvalue weighted by Gasteiger charge is 2.73. The number of quaternary nitrogens is 1. The smallest absolute Gasteiger partial charge is 0.287 e. The third-order valence-corrected chi connectivity index (χ3v) is 6.95. The van der Waals surface area contributed by atoms with E-state index in [1.807, 2.05) is 0 Å². The van der Waals surface area contributed by atoms with Crippen molar-refractivity contribution in [1.29, 1.82) is 5.26 Å². The number of anilines is 1. The Kier molecular flexibility index (Phi) is 5.07. The molecule has 7 nitrogen and oxygen atoms in total. The second-order valence-corrected chi connectivity index (χ2v) is 8.84. The molecule has 5 rings (SSSR count). The van der Waals surface area contributed by atoms with E-state index in [0.29, 0.717) is 11.0 Å². The Bertz CT molecular complexity index is 1360. The number of urea groups is 1. The number of carbonyl (C=O) groups excluding carboxylic acids is 3. The minimum Gasteiger partial charge on any atom is -0.287 e. The Labute approximate surface area is 199 Å². The lowest BCUT2D eigenvalue weighted by Gasteiger charge is -2.33. The van der Waals surface area contributed by atoms with Crippen molar-refractivity contribution in [3.63, 3.8) is 0 Å². The molecule has 3 aliphatic heterocycles. The first-order valence-electron chi connectivity index (χ1n) is 10.6. The molecule has 36 heavy (non-hydrogen) atoms. The Morgan fingerprint density at radius 1 is 0.972 bits per heavy atom. The van der Waals surface area contributed by atoms with E-state index >= 15 is 0 Å². The summed E-state index contributed by atoms with van der Waals surface area (Å²) >= 11 is 0. The molecule has 2 bridgehead atoms. The van der Waals surface area contributed by atoms with Gasteiger partial charge in [-0.15, -0.1) is 0 Å². The minimum absolute atomic E-state index is 0.0220. The summed E-state index contributed by atoms with van der Waals surface area (Å²) < 4.78 is 80.3. The largest absolute Gasteiger partial charge is 0.433 e. The summed E-state index contributed by atoms with van der Waals surface area (Å²) in [5, 5.41) is 9.02. The third kappa shape index (κ3) is 3.25. The van der Waals surface area contributed by atoms with Crippen molar-refractivity contribution in [1.82, 2.24) is 4.90 Å². The molecule has 3 aliphatic rings. The number of ketones is 1. The molecule has 3 unspecified atom stereocenters. The number of benzene rings is 2. The lowest BCUT2D eigenvalue weighted by Crippen LogP contribution is -2.62. The van der Waals surface area contributed by atoms with Crippen LogP contribution in [-0.2, 0) is 17.1 Å². The summed E-state index contributed by atoms with van der Waals surface area (Å²) in [7, 11) is 0. The van der Waals surface area contributed by atoms with E-state index in [4.69, 9.17) is 5.26 Å². The molecular formula is C23H15F6N4O3+. The molecular weight excluding hydrogens is 494 g/mol. The molecule has 2 aromatic rings. The molecule has 0 aromatic heterocycles. The average molecular weight is 509 g/mol. The maximum atomic E-state index is 13.7. The van der Waals surface area contributed by atoms with Crippen LogP contribution in [0.4, 0.5) is 36.8 Å². The zero-order chi connectivity index (χ0) is 26.2. The van der Waals surface area contributed by atoms with Crippen LogP contribution in [0.5, 0.6) is 0 Å². The molecule has 0 aliphatic carbocycles. The molecule has 3 amide bonds. The number of hydrogen-bond donors (Lipinski definition) is 0. The number of Topliss-reactive ketones (excluding diaryl/α,β-unsaturated/α-hetero) is 1. The van der Waals surface area contributed by atoms with E-state index in [9.17, 15) is 40.7 Å². The molecule has 0 radical (unpaired) electrons. The van der Waals surface area contributed by atoms with Crippen molar-refractivity contribution in [3.8, 4) is 6.07 Å². The molecule has 3 fully saturated rings. The lowest BCUT2D eigenvalue weighted by atomic mass is 9.95. The SMILES string of the molecule is N#Cc1ccc(N2C(=O)C3C[N@]4CC(C(=O)c5ccccc5C(F)(F)F)[N+]3(C4)C2=O)cc1C(F)(F)F. The molecule has 4 atom stereocenters. The van der Waals surface area contributed by atoms with Crippen LogP contribution < -0.4 is 4.90 Å². The quantitative estimate of drug-likeness (QED) is 0.272. The van der Waals surface area contributed by atoms with Crippen molar-refractivity contribution >= 4 is 23.4 Å². The minimum atomic E-state index is -4.94. The van der Waals surface area contributed by atoms with Gasteiger partial charge >= 0.3 is 18.4 Å². The number of piperazine rings is 1. The number of hydrogen-bond acceptors (Lipinski definition) is 5. The van der Waals surface area contributed by atoms with Gasteiger partial charge in [0, 0.05) is 5.56 Å². The van der Waals surface area contributed by atoms with E-state index in [1.165, 1.54) is 12.1 Å². The summed E-state index contributed by atoms with van der Waals surface area (Å²) in [5.74, 6) is -1.84. The van der Waals surface area contributed by atoms with Crippen molar-refractivity contribution in [3.05, 3.63) is 64.7 Å². The fourth-order valence-corrected chi connectivity index (χ4v) is 5.41. The fourth-order valence-electron chi connectivity index (χ4n) is 5.41. The van der Waals surface area contributed by atoms with Crippen molar-refractivity contribution < 1.29 is 45.2 Å². The Hall–Kier alpha value is -3.76. The average Bonchev–Trinajstić information content (AvgIpc) is 3.45. The first kappa shape index (κ1) is 24.0. The van der Waals surface area contributed by atoms with E-state index in [2.05, 4.69) is 0 Å².